The van der Waals surface area contributed by atoms with Crippen LogP contribution in [0.15, 0.2) is 24.3 Å². The smallest absolute Gasteiger partial charge is 0.187 e. The summed E-state index contributed by atoms with van der Waals surface area (Å²) in [6, 6.07) is 7.31. The van der Waals surface area contributed by atoms with E-state index in [2.05, 4.69) is 0 Å². The molecule has 0 spiro atoms. The lowest BCUT2D eigenvalue weighted by atomic mass is 10.3. The fourth-order valence-electron chi connectivity index (χ4n) is 1.10. The van der Waals surface area contributed by atoms with Crippen LogP contribution >= 0.6 is 0 Å². The van der Waals surface area contributed by atoms with Crippen molar-refractivity contribution in [3.05, 3.63) is 24.3 Å². The monoisotopic (exact) mass is 180 g/mol. The Balaban J connectivity index is 0.000000845. The first kappa shape index (κ1) is 9.58. The third kappa shape index (κ3) is 1.80. The zero-order valence-electron chi connectivity index (χ0n) is 6.40. The van der Waals surface area contributed by atoms with Crippen molar-refractivity contribution in [2.24, 2.45) is 0 Å². The van der Waals surface area contributed by atoms with E-state index in [1.807, 2.05) is 18.2 Å². The van der Waals surface area contributed by atoms with Crippen LogP contribution in [-0.2, 0) is 4.79 Å². The summed E-state index contributed by atoms with van der Waals surface area (Å²) in [5.41, 5.74) is 0. The number of ether oxygens (including phenoxy) is 2. The Morgan fingerprint density at radius 3 is 2.69 bits per heavy atom. The third-order valence-corrected chi connectivity index (χ3v) is 1.68. The van der Waals surface area contributed by atoms with Gasteiger partial charge in [-0.15, -0.1) is 0 Å². The maximum Gasteiger partial charge on any atom is 0.187 e. The number of para-hydroxylation sites is 2. The Morgan fingerprint density at radius 1 is 1.31 bits per heavy atom. The van der Waals surface area contributed by atoms with E-state index in [1.54, 1.807) is 6.07 Å². The van der Waals surface area contributed by atoms with Crippen molar-refractivity contribution in [2.45, 2.75) is 13.5 Å². The van der Waals surface area contributed by atoms with Gasteiger partial charge in [-0.05, 0) is 12.1 Å². The van der Waals surface area contributed by atoms with Crippen LogP contribution in [0, 0.1) is 0 Å². The van der Waals surface area contributed by atoms with E-state index in [0.29, 0.717) is 18.1 Å². The molecule has 0 N–H and O–H groups in total. The molecule has 0 amide bonds. The molecule has 3 heteroatoms. The molecule has 1 heterocycles. The molecule has 13 heavy (non-hydrogen) atoms. The number of aldehydes is 1. The van der Waals surface area contributed by atoms with Crippen LogP contribution in [0.3, 0.4) is 0 Å². The summed E-state index contributed by atoms with van der Waals surface area (Å²) < 4.78 is 10.6. The van der Waals surface area contributed by atoms with Crippen LogP contribution in [0.1, 0.15) is 7.43 Å². The third-order valence-electron chi connectivity index (χ3n) is 1.68. The van der Waals surface area contributed by atoms with Gasteiger partial charge in [0.05, 0.1) is 0 Å². The van der Waals surface area contributed by atoms with E-state index < -0.39 is 6.10 Å². The molecule has 3 nitrogen and oxygen atoms in total. The predicted molar refractivity (Wildman–Crippen MR) is 49.1 cm³/mol. The maximum absolute atomic E-state index is 10.4. The largest absolute Gasteiger partial charge is 0.485 e. The molecule has 0 aliphatic carbocycles. The normalized spacial score (nSPS) is 18.6. The number of benzene rings is 1. The molecule has 0 saturated heterocycles. The molecule has 1 aliphatic heterocycles. The number of carbonyl (C=O) groups excluding carboxylic acids is 1. The summed E-state index contributed by atoms with van der Waals surface area (Å²) in [6.07, 6.45) is 0.288. The highest BCUT2D eigenvalue weighted by Crippen LogP contribution is 2.30. The Labute approximate surface area is 77.3 Å². The van der Waals surface area contributed by atoms with Crippen molar-refractivity contribution in [2.75, 3.05) is 6.61 Å². The molecule has 1 atom stereocenters. The SMILES string of the molecule is C.O=CC1COc2ccccc2O1. The number of fused-ring (bicyclic) bond motifs is 1. The van der Waals surface area contributed by atoms with Crippen molar-refractivity contribution >= 4 is 6.29 Å². The van der Waals surface area contributed by atoms with Gasteiger partial charge in [0, 0.05) is 0 Å². The van der Waals surface area contributed by atoms with Gasteiger partial charge in [0.2, 0.25) is 0 Å². The molecule has 2 rings (SSSR count). The van der Waals surface area contributed by atoms with Crippen LogP contribution < -0.4 is 9.47 Å². The zero-order chi connectivity index (χ0) is 8.39. The van der Waals surface area contributed by atoms with Gasteiger partial charge in [0.25, 0.3) is 0 Å². The number of rotatable bonds is 1. The van der Waals surface area contributed by atoms with Crippen LogP contribution in [0.25, 0.3) is 0 Å². The second kappa shape index (κ2) is 3.94. The van der Waals surface area contributed by atoms with Gasteiger partial charge in [-0.2, -0.15) is 0 Å². The summed E-state index contributed by atoms with van der Waals surface area (Å²) in [6.45, 7) is 0.306. The first-order chi connectivity index (χ1) is 5.90. The van der Waals surface area contributed by atoms with E-state index in [9.17, 15) is 4.79 Å². The summed E-state index contributed by atoms with van der Waals surface area (Å²) in [7, 11) is 0. The second-order valence-electron chi connectivity index (χ2n) is 2.55. The van der Waals surface area contributed by atoms with Crippen molar-refractivity contribution in [3.63, 3.8) is 0 Å². The maximum atomic E-state index is 10.4. The molecule has 1 unspecified atom stereocenters. The predicted octanol–water partition coefficient (Wildman–Crippen LogP) is 1.66. The lowest BCUT2D eigenvalue weighted by Crippen LogP contribution is -2.30. The minimum absolute atomic E-state index is 0. The highest BCUT2D eigenvalue weighted by Gasteiger charge is 2.18. The minimum atomic E-state index is -0.458. The lowest BCUT2D eigenvalue weighted by Gasteiger charge is -2.22. The Bertz CT molecular complexity index is 296. The highest BCUT2D eigenvalue weighted by atomic mass is 16.6. The molecule has 0 saturated carbocycles. The minimum Gasteiger partial charge on any atom is -0.485 e. The summed E-state index contributed by atoms with van der Waals surface area (Å²) >= 11 is 0. The average molecular weight is 180 g/mol. The van der Waals surface area contributed by atoms with E-state index in [4.69, 9.17) is 9.47 Å². The molecule has 0 bridgehead atoms. The van der Waals surface area contributed by atoms with Gasteiger partial charge in [0.1, 0.15) is 6.61 Å². The van der Waals surface area contributed by atoms with E-state index >= 15 is 0 Å². The van der Waals surface area contributed by atoms with Gasteiger partial charge < -0.3 is 9.47 Å². The van der Waals surface area contributed by atoms with Crippen LogP contribution in [-0.4, -0.2) is 19.0 Å². The highest BCUT2D eigenvalue weighted by molar-refractivity contribution is 5.58. The van der Waals surface area contributed by atoms with E-state index in [-0.39, 0.29) is 7.43 Å². The van der Waals surface area contributed by atoms with Gasteiger partial charge >= 0.3 is 0 Å². The van der Waals surface area contributed by atoms with Crippen LogP contribution in [0.4, 0.5) is 0 Å². The van der Waals surface area contributed by atoms with Crippen molar-refractivity contribution in [3.8, 4) is 11.5 Å². The summed E-state index contributed by atoms with van der Waals surface area (Å²) in [5.74, 6) is 1.34. The average Bonchev–Trinajstić information content (AvgIpc) is 2.17. The Hall–Kier alpha value is -1.51. The lowest BCUT2D eigenvalue weighted by molar-refractivity contribution is -0.115. The standard InChI is InChI=1S/C9H8O3.CH4/c10-5-7-6-11-8-3-1-2-4-9(8)12-7;/h1-5,7H,6H2;1H4. The quantitative estimate of drug-likeness (QED) is 0.616. The van der Waals surface area contributed by atoms with Crippen LogP contribution in [0.5, 0.6) is 11.5 Å². The second-order valence-corrected chi connectivity index (χ2v) is 2.55. The molecular weight excluding hydrogens is 168 g/mol. The number of hydrogen-bond acceptors (Lipinski definition) is 3. The van der Waals surface area contributed by atoms with Crippen molar-refractivity contribution in [1.82, 2.24) is 0 Å². The molecular formula is C10H12O3. The Morgan fingerprint density at radius 2 is 2.00 bits per heavy atom. The number of hydrogen-bond donors (Lipinski definition) is 0. The van der Waals surface area contributed by atoms with Gasteiger partial charge in [-0.3, -0.25) is 4.79 Å². The molecule has 0 fully saturated rings. The molecule has 1 aromatic carbocycles. The Kier molecular flexibility index (Phi) is 2.90. The fraction of sp³-hybridized carbons (Fsp3) is 0.300. The molecule has 70 valence electrons. The molecule has 1 aliphatic rings. The van der Waals surface area contributed by atoms with Gasteiger partial charge in [-0.25, -0.2) is 0 Å². The van der Waals surface area contributed by atoms with Crippen LogP contribution in [0.2, 0.25) is 0 Å². The van der Waals surface area contributed by atoms with Crippen molar-refractivity contribution < 1.29 is 14.3 Å². The van der Waals surface area contributed by atoms with Crippen molar-refractivity contribution in [1.29, 1.82) is 0 Å². The summed E-state index contributed by atoms with van der Waals surface area (Å²) in [4.78, 5) is 10.4. The fourth-order valence-corrected chi connectivity index (χ4v) is 1.10. The zero-order valence-corrected chi connectivity index (χ0v) is 6.40. The van der Waals surface area contributed by atoms with E-state index in [1.165, 1.54) is 0 Å². The first-order valence-corrected chi connectivity index (χ1v) is 3.74. The van der Waals surface area contributed by atoms with E-state index in [0.717, 1.165) is 6.29 Å². The summed E-state index contributed by atoms with van der Waals surface area (Å²) in [5, 5.41) is 0. The molecule has 0 radical (unpaired) electrons. The topological polar surface area (TPSA) is 35.5 Å². The molecule has 1 aromatic rings. The van der Waals surface area contributed by atoms with Gasteiger partial charge in [0.15, 0.2) is 23.9 Å². The first-order valence-electron chi connectivity index (χ1n) is 3.74. The number of carbonyl (C=O) groups is 1. The van der Waals surface area contributed by atoms with Gasteiger partial charge in [-0.1, -0.05) is 19.6 Å². The molecule has 0 aromatic heterocycles.